The van der Waals surface area contributed by atoms with Crippen LogP contribution in [0.4, 0.5) is 4.79 Å². The van der Waals surface area contributed by atoms with E-state index in [2.05, 4.69) is 21.7 Å². The summed E-state index contributed by atoms with van der Waals surface area (Å²) in [5.41, 5.74) is 3.13. The molecule has 0 spiro atoms. The van der Waals surface area contributed by atoms with Gasteiger partial charge in [-0.15, -0.1) is 0 Å². The Hall–Kier alpha value is -3.28. The number of nitrogens with one attached hydrogen (secondary N) is 3. The molecule has 0 bridgehead atoms. The number of ether oxygens (including phenoxy) is 1. The summed E-state index contributed by atoms with van der Waals surface area (Å²) >= 11 is 0. The van der Waals surface area contributed by atoms with Crippen LogP contribution in [0.25, 0.3) is 10.9 Å². The average Bonchev–Trinajstić information content (AvgIpc) is 3.14. The smallest absolute Gasteiger partial charge is 0.408 e. The van der Waals surface area contributed by atoms with Gasteiger partial charge in [-0.2, -0.15) is 0 Å². The topological polar surface area (TPSA) is 83.2 Å². The number of amides is 2. The summed E-state index contributed by atoms with van der Waals surface area (Å²) in [5.74, 6) is -0.274. The summed E-state index contributed by atoms with van der Waals surface area (Å²) in [6.45, 7) is 4.44. The highest BCUT2D eigenvalue weighted by molar-refractivity contribution is 5.86. The van der Waals surface area contributed by atoms with E-state index in [1.165, 1.54) is 0 Å². The number of alkyl carbamates (subject to hydrolysis) is 1. The number of aromatic nitrogens is 1. The zero-order chi connectivity index (χ0) is 20.6. The van der Waals surface area contributed by atoms with Gasteiger partial charge in [0.15, 0.2) is 0 Å². The van der Waals surface area contributed by atoms with Crippen molar-refractivity contribution in [2.45, 2.75) is 32.9 Å². The first-order valence-electron chi connectivity index (χ1n) is 9.84. The molecule has 6 nitrogen and oxygen atoms in total. The van der Waals surface area contributed by atoms with Crippen LogP contribution in [-0.2, 0) is 22.6 Å². The molecule has 0 unspecified atom stereocenters. The van der Waals surface area contributed by atoms with Gasteiger partial charge in [0.25, 0.3) is 0 Å². The van der Waals surface area contributed by atoms with Gasteiger partial charge in [0.2, 0.25) is 5.91 Å². The van der Waals surface area contributed by atoms with E-state index in [1.807, 2.05) is 68.6 Å². The molecular weight excluding hydrogens is 366 g/mol. The second-order valence-electron chi connectivity index (χ2n) is 7.33. The number of fused-ring (bicyclic) bond motifs is 1. The second kappa shape index (κ2) is 9.78. The molecule has 2 aromatic carbocycles. The fourth-order valence-electron chi connectivity index (χ4n) is 3.20. The van der Waals surface area contributed by atoms with E-state index in [0.717, 1.165) is 22.0 Å². The van der Waals surface area contributed by atoms with Crippen molar-refractivity contribution in [3.05, 3.63) is 71.9 Å². The van der Waals surface area contributed by atoms with Crippen molar-refractivity contribution in [1.29, 1.82) is 0 Å². The Kier molecular flexibility index (Phi) is 6.89. The van der Waals surface area contributed by atoms with Crippen LogP contribution in [0, 0.1) is 5.92 Å². The first-order valence-corrected chi connectivity index (χ1v) is 9.84. The Morgan fingerprint density at radius 3 is 2.52 bits per heavy atom. The molecule has 1 atom stereocenters. The second-order valence-corrected chi connectivity index (χ2v) is 7.33. The highest BCUT2D eigenvalue weighted by Gasteiger charge is 2.24. The van der Waals surface area contributed by atoms with Crippen molar-refractivity contribution in [3.8, 4) is 0 Å². The number of rotatable bonds is 8. The summed E-state index contributed by atoms with van der Waals surface area (Å²) in [7, 11) is 0. The molecule has 0 aliphatic heterocycles. The first-order chi connectivity index (χ1) is 14.0. The van der Waals surface area contributed by atoms with Crippen LogP contribution >= 0.6 is 0 Å². The maximum absolute atomic E-state index is 12.6. The van der Waals surface area contributed by atoms with Gasteiger partial charge in [0.1, 0.15) is 12.6 Å². The molecule has 0 radical (unpaired) electrons. The van der Waals surface area contributed by atoms with Crippen LogP contribution in [0.15, 0.2) is 60.8 Å². The number of aromatic amines is 1. The number of benzene rings is 2. The molecule has 3 rings (SSSR count). The Morgan fingerprint density at radius 2 is 1.76 bits per heavy atom. The minimum Gasteiger partial charge on any atom is -0.445 e. The number of hydrogen-bond acceptors (Lipinski definition) is 3. The van der Waals surface area contributed by atoms with Gasteiger partial charge in [-0.3, -0.25) is 4.79 Å². The summed E-state index contributed by atoms with van der Waals surface area (Å²) < 4.78 is 5.24. The molecule has 3 aromatic rings. The molecule has 3 N–H and O–H groups in total. The van der Waals surface area contributed by atoms with Gasteiger partial charge in [-0.1, -0.05) is 62.4 Å². The number of H-pyrrole nitrogens is 1. The van der Waals surface area contributed by atoms with Crippen LogP contribution in [0.3, 0.4) is 0 Å². The SMILES string of the molecule is CC(C)[C@@H](NC(=O)OCc1ccccc1)C(=O)NCCc1c[nH]c2ccccc12. The van der Waals surface area contributed by atoms with Crippen LogP contribution in [0.2, 0.25) is 0 Å². The molecule has 152 valence electrons. The van der Waals surface area contributed by atoms with Gasteiger partial charge < -0.3 is 20.4 Å². The number of carbonyl (C=O) groups is 2. The lowest BCUT2D eigenvalue weighted by Gasteiger charge is -2.21. The number of hydrogen-bond donors (Lipinski definition) is 3. The van der Waals surface area contributed by atoms with Crippen LogP contribution < -0.4 is 10.6 Å². The fraction of sp³-hybridized carbons (Fsp3) is 0.304. The molecule has 6 heteroatoms. The maximum Gasteiger partial charge on any atom is 0.408 e. The third-order valence-electron chi connectivity index (χ3n) is 4.80. The summed E-state index contributed by atoms with van der Waals surface area (Å²) in [6.07, 6.45) is 2.08. The van der Waals surface area contributed by atoms with E-state index in [9.17, 15) is 9.59 Å². The summed E-state index contributed by atoms with van der Waals surface area (Å²) in [4.78, 5) is 28.0. The summed E-state index contributed by atoms with van der Waals surface area (Å²) in [5, 5.41) is 6.76. The minimum absolute atomic E-state index is 0.0626. The molecule has 29 heavy (non-hydrogen) atoms. The zero-order valence-electron chi connectivity index (χ0n) is 16.8. The Labute approximate surface area is 170 Å². The van der Waals surface area contributed by atoms with Crippen molar-refractivity contribution in [3.63, 3.8) is 0 Å². The quantitative estimate of drug-likeness (QED) is 0.545. The molecule has 0 aliphatic rings. The minimum atomic E-state index is -0.652. The highest BCUT2D eigenvalue weighted by atomic mass is 16.5. The predicted octanol–water partition coefficient (Wildman–Crippen LogP) is 3.78. The number of para-hydroxylation sites is 1. The van der Waals surface area contributed by atoms with E-state index in [0.29, 0.717) is 13.0 Å². The maximum atomic E-state index is 12.6. The van der Waals surface area contributed by atoms with Crippen molar-refractivity contribution in [2.75, 3.05) is 6.54 Å². The van der Waals surface area contributed by atoms with E-state index < -0.39 is 12.1 Å². The fourth-order valence-corrected chi connectivity index (χ4v) is 3.20. The molecule has 0 aliphatic carbocycles. The zero-order valence-corrected chi connectivity index (χ0v) is 16.8. The molecular formula is C23H27N3O3. The third-order valence-corrected chi connectivity index (χ3v) is 4.80. The molecule has 0 fully saturated rings. The van der Waals surface area contributed by atoms with Gasteiger partial charge in [0, 0.05) is 23.6 Å². The van der Waals surface area contributed by atoms with Crippen molar-refractivity contribution >= 4 is 22.9 Å². The Balaban J connectivity index is 1.49. The van der Waals surface area contributed by atoms with Gasteiger partial charge in [0.05, 0.1) is 0 Å². The van der Waals surface area contributed by atoms with E-state index in [4.69, 9.17) is 4.74 Å². The largest absolute Gasteiger partial charge is 0.445 e. The molecule has 0 saturated heterocycles. The third kappa shape index (κ3) is 5.60. The average molecular weight is 393 g/mol. The van der Waals surface area contributed by atoms with Crippen molar-refractivity contribution < 1.29 is 14.3 Å². The van der Waals surface area contributed by atoms with Crippen molar-refractivity contribution in [1.82, 2.24) is 15.6 Å². The lowest BCUT2D eigenvalue weighted by Crippen LogP contribution is -2.50. The van der Waals surface area contributed by atoms with Gasteiger partial charge in [-0.25, -0.2) is 4.79 Å². The van der Waals surface area contributed by atoms with E-state index >= 15 is 0 Å². The monoisotopic (exact) mass is 393 g/mol. The number of carbonyl (C=O) groups excluding carboxylic acids is 2. The molecule has 2 amide bonds. The normalized spacial score (nSPS) is 12.0. The molecule has 1 heterocycles. The van der Waals surface area contributed by atoms with E-state index in [1.54, 1.807) is 0 Å². The van der Waals surface area contributed by atoms with Gasteiger partial charge in [-0.05, 0) is 29.5 Å². The van der Waals surface area contributed by atoms with Crippen LogP contribution in [0.1, 0.15) is 25.0 Å². The van der Waals surface area contributed by atoms with Crippen LogP contribution in [0.5, 0.6) is 0 Å². The molecule has 1 aromatic heterocycles. The standard InChI is InChI=1S/C23H27N3O3/c1-16(2)21(26-23(28)29-15-17-8-4-3-5-9-17)22(27)24-13-12-18-14-25-20-11-7-6-10-19(18)20/h3-11,14,16,21,25H,12-13,15H2,1-2H3,(H,24,27)(H,26,28)/t21-/m1/s1. The van der Waals surface area contributed by atoms with Crippen LogP contribution in [-0.4, -0.2) is 29.6 Å². The lowest BCUT2D eigenvalue weighted by atomic mass is 10.0. The molecule has 0 saturated carbocycles. The highest BCUT2D eigenvalue weighted by Crippen LogP contribution is 2.17. The first kappa shape index (κ1) is 20.5. The summed E-state index contributed by atoms with van der Waals surface area (Å²) in [6, 6.07) is 16.8. The Morgan fingerprint density at radius 1 is 1.03 bits per heavy atom. The van der Waals surface area contributed by atoms with Crippen molar-refractivity contribution in [2.24, 2.45) is 5.92 Å². The Bertz CT molecular complexity index is 950. The van der Waals surface area contributed by atoms with Gasteiger partial charge >= 0.3 is 6.09 Å². The lowest BCUT2D eigenvalue weighted by molar-refractivity contribution is -0.124. The predicted molar refractivity (Wildman–Crippen MR) is 113 cm³/mol. The van der Waals surface area contributed by atoms with E-state index in [-0.39, 0.29) is 18.4 Å².